The van der Waals surface area contributed by atoms with Gasteiger partial charge in [-0.2, -0.15) is 0 Å². The Morgan fingerprint density at radius 2 is 1.90 bits per heavy atom. The fourth-order valence-electron chi connectivity index (χ4n) is 1.91. The van der Waals surface area contributed by atoms with Gasteiger partial charge in [0.2, 0.25) is 5.95 Å². The van der Waals surface area contributed by atoms with Crippen molar-refractivity contribution in [2.24, 2.45) is 0 Å². The number of anilines is 2. The number of halogens is 2. The quantitative estimate of drug-likeness (QED) is 0.773. The maximum Gasteiger partial charge on any atom is 0.212 e. The van der Waals surface area contributed by atoms with Crippen LogP contribution >= 0.6 is 11.6 Å². The third kappa shape index (κ3) is 2.51. The number of benzene rings is 2. The van der Waals surface area contributed by atoms with Gasteiger partial charge in [-0.15, -0.1) is 0 Å². The summed E-state index contributed by atoms with van der Waals surface area (Å²) >= 11 is 6.05. The third-order valence-corrected chi connectivity index (χ3v) is 3.18. The van der Waals surface area contributed by atoms with Gasteiger partial charge in [-0.3, -0.25) is 4.57 Å². The van der Waals surface area contributed by atoms with Crippen LogP contribution < -0.4 is 5.32 Å². The maximum absolute atomic E-state index is 13.3. The van der Waals surface area contributed by atoms with E-state index in [1.165, 1.54) is 18.2 Å². The molecule has 2 aromatic carbocycles. The lowest BCUT2D eigenvalue weighted by atomic mass is 10.3. The molecule has 0 saturated carbocycles. The smallest absolute Gasteiger partial charge is 0.212 e. The van der Waals surface area contributed by atoms with E-state index in [1.807, 2.05) is 41.1 Å². The lowest BCUT2D eigenvalue weighted by Gasteiger charge is -2.11. The molecule has 1 aromatic heterocycles. The standard InChI is InChI=1S/C15H11ClFN3/c16-13-7-6-11(17)10-14(13)19-15-18-8-9-20(15)12-4-2-1-3-5-12/h1-10H,(H,18,19). The van der Waals surface area contributed by atoms with E-state index in [-0.39, 0.29) is 5.82 Å². The molecule has 5 heteroatoms. The number of para-hydroxylation sites is 1. The average molecular weight is 288 g/mol. The number of nitrogens with zero attached hydrogens (tertiary/aromatic N) is 2. The molecular weight excluding hydrogens is 277 g/mol. The second-order valence-corrected chi connectivity index (χ2v) is 4.61. The van der Waals surface area contributed by atoms with E-state index in [9.17, 15) is 4.39 Å². The Hall–Kier alpha value is -2.33. The van der Waals surface area contributed by atoms with Crippen molar-refractivity contribution in [1.29, 1.82) is 0 Å². The Kier molecular flexibility index (Phi) is 3.39. The van der Waals surface area contributed by atoms with Crippen molar-refractivity contribution in [2.75, 3.05) is 5.32 Å². The molecular formula is C15H11ClFN3. The largest absolute Gasteiger partial charge is 0.324 e. The molecule has 0 fully saturated rings. The Morgan fingerprint density at radius 3 is 2.70 bits per heavy atom. The molecule has 0 amide bonds. The number of hydrogen-bond acceptors (Lipinski definition) is 2. The summed E-state index contributed by atoms with van der Waals surface area (Å²) in [7, 11) is 0. The third-order valence-electron chi connectivity index (χ3n) is 2.85. The molecule has 1 N–H and O–H groups in total. The average Bonchev–Trinajstić information content (AvgIpc) is 2.92. The summed E-state index contributed by atoms with van der Waals surface area (Å²) in [6.07, 6.45) is 3.49. The minimum absolute atomic E-state index is 0.352. The fraction of sp³-hybridized carbons (Fsp3) is 0. The summed E-state index contributed by atoms with van der Waals surface area (Å²) in [4.78, 5) is 4.23. The number of rotatable bonds is 3. The number of imidazole rings is 1. The molecule has 0 radical (unpaired) electrons. The summed E-state index contributed by atoms with van der Waals surface area (Å²) < 4.78 is 15.1. The topological polar surface area (TPSA) is 29.9 Å². The van der Waals surface area contributed by atoms with Crippen LogP contribution in [-0.2, 0) is 0 Å². The SMILES string of the molecule is Fc1ccc(Cl)c(Nc2nccn2-c2ccccc2)c1. The van der Waals surface area contributed by atoms with Gasteiger partial charge in [0.05, 0.1) is 10.7 Å². The zero-order valence-electron chi connectivity index (χ0n) is 10.4. The second kappa shape index (κ2) is 5.35. The Labute approximate surface area is 120 Å². The van der Waals surface area contributed by atoms with Gasteiger partial charge in [-0.05, 0) is 30.3 Å². The van der Waals surface area contributed by atoms with Gasteiger partial charge < -0.3 is 5.32 Å². The monoisotopic (exact) mass is 287 g/mol. The van der Waals surface area contributed by atoms with Gasteiger partial charge >= 0.3 is 0 Å². The van der Waals surface area contributed by atoms with Gasteiger partial charge in [0.15, 0.2) is 0 Å². The molecule has 0 unspecified atom stereocenters. The first-order valence-corrected chi connectivity index (χ1v) is 6.43. The Bertz CT molecular complexity index is 725. The highest BCUT2D eigenvalue weighted by Crippen LogP contribution is 2.26. The number of nitrogens with one attached hydrogen (secondary N) is 1. The van der Waals surface area contributed by atoms with Crippen LogP contribution in [0, 0.1) is 5.82 Å². The van der Waals surface area contributed by atoms with Crippen molar-refractivity contribution in [3.05, 3.63) is 71.8 Å². The second-order valence-electron chi connectivity index (χ2n) is 4.21. The molecule has 3 nitrogen and oxygen atoms in total. The highest BCUT2D eigenvalue weighted by atomic mass is 35.5. The summed E-state index contributed by atoms with van der Waals surface area (Å²) in [6.45, 7) is 0. The molecule has 0 atom stereocenters. The Morgan fingerprint density at radius 1 is 1.10 bits per heavy atom. The summed E-state index contributed by atoms with van der Waals surface area (Å²) in [6, 6.07) is 13.9. The molecule has 0 aliphatic carbocycles. The predicted octanol–water partition coefficient (Wildman–Crippen LogP) is 4.41. The van der Waals surface area contributed by atoms with E-state index in [0.29, 0.717) is 16.7 Å². The van der Waals surface area contributed by atoms with Gasteiger partial charge in [-0.1, -0.05) is 29.8 Å². The highest BCUT2D eigenvalue weighted by Gasteiger charge is 2.08. The predicted molar refractivity (Wildman–Crippen MR) is 78.3 cm³/mol. The zero-order chi connectivity index (χ0) is 13.9. The molecule has 0 aliphatic heterocycles. The van der Waals surface area contributed by atoms with Crippen LogP contribution in [0.1, 0.15) is 0 Å². The molecule has 3 rings (SSSR count). The van der Waals surface area contributed by atoms with Crippen molar-refractivity contribution in [1.82, 2.24) is 9.55 Å². The van der Waals surface area contributed by atoms with Crippen LogP contribution in [0.15, 0.2) is 60.9 Å². The lowest BCUT2D eigenvalue weighted by Crippen LogP contribution is -2.01. The van der Waals surface area contributed by atoms with E-state index < -0.39 is 0 Å². The molecule has 0 aliphatic rings. The molecule has 0 bridgehead atoms. The van der Waals surface area contributed by atoms with Crippen molar-refractivity contribution >= 4 is 23.2 Å². The lowest BCUT2D eigenvalue weighted by molar-refractivity contribution is 0.628. The first-order chi connectivity index (χ1) is 9.74. The van der Waals surface area contributed by atoms with Crippen LogP contribution in [-0.4, -0.2) is 9.55 Å². The van der Waals surface area contributed by atoms with E-state index in [4.69, 9.17) is 11.6 Å². The number of aromatic nitrogens is 2. The highest BCUT2D eigenvalue weighted by molar-refractivity contribution is 6.33. The van der Waals surface area contributed by atoms with Crippen LogP contribution in [0.2, 0.25) is 5.02 Å². The molecule has 100 valence electrons. The summed E-state index contributed by atoms with van der Waals surface area (Å²) in [5.41, 5.74) is 1.44. The molecule has 0 saturated heterocycles. The van der Waals surface area contributed by atoms with Crippen molar-refractivity contribution in [2.45, 2.75) is 0 Å². The van der Waals surface area contributed by atoms with E-state index in [1.54, 1.807) is 6.20 Å². The molecule has 20 heavy (non-hydrogen) atoms. The first kappa shape index (κ1) is 12.7. The summed E-state index contributed by atoms with van der Waals surface area (Å²) in [5, 5.41) is 3.48. The van der Waals surface area contributed by atoms with E-state index in [2.05, 4.69) is 10.3 Å². The Balaban J connectivity index is 1.97. The van der Waals surface area contributed by atoms with Gasteiger partial charge in [0.1, 0.15) is 5.82 Å². The minimum Gasteiger partial charge on any atom is -0.324 e. The van der Waals surface area contributed by atoms with Crippen LogP contribution in [0.5, 0.6) is 0 Å². The normalized spacial score (nSPS) is 10.5. The number of hydrogen-bond donors (Lipinski definition) is 1. The molecule has 3 aromatic rings. The summed E-state index contributed by atoms with van der Waals surface area (Å²) in [5.74, 6) is 0.221. The van der Waals surface area contributed by atoms with E-state index >= 15 is 0 Å². The minimum atomic E-state index is -0.352. The maximum atomic E-state index is 13.3. The molecule has 1 heterocycles. The van der Waals surface area contributed by atoms with Gasteiger partial charge in [0.25, 0.3) is 0 Å². The van der Waals surface area contributed by atoms with E-state index in [0.717, 1.165) is 5.69 Å². The fourth-order valence-corrected chi connectivity index (χ4v) is 2.07. The van der Waals surface area contributed by atoms with Crippen LogP contribution in [0.3, 0.4) is 0 Å². The van der Waals surface area contributed by atoms with Crippen molar-refractivity contribution < 1.29 is 4.39 Å². The first-order valence-electron chi connectivity index (χ1n) is 6.05. The van der Waals surface area contributed by atoms with Crippen molar-refractivity contribution in [3.8, 4) is 5.69 Å². The van der Waals surface area contributed by atoms with Crippen LogP contribution in [0.25, 0.3) is 5.69 Å². The van der Waals surface area contributed by atoms with Gasteiger partial charge in [-0.25, -0.2) is 9.37 Å². The molecule has 0 spiro atoms. The zero-order valence-corrected chi connectivity index (χ0v) is 11.2. The van der Waals surface area contributed by atoms with Crippen LogP contribution in [0.4, 0.5) is 16.0 Å². The van der Waals surface area contributed by atoms with Gasteiger partial charge in [0, 0.05) is 18.1 Å². The van der Waals surface area contributed by atoms with Crippen molar-refractivity contribution in [3.63, 3.8) is 0 Å².